The Balaban J connectivity index is 1.96. The van der Waals surface area contributed by atoms with Crippen LogP contribution < -0.4 is 10.5 Å². The maximum Gasteiger partial charge on any atom is 0.231 e. The number of nitrogens with two attached hydrogens (primary N) is 1. The predicted molar refractivity (Wildman–Crippen MR) is 115 cm³/mol. The van der Waals surface area contributed by atoms with Gasteiger partial charge in [-0.15, -0.1) is 11.3 Å². The first-order valence-corrected chi connectivity index (χ1v) is 9.99. The highest BCUT2D eigenvalue weighted by atomic mass is 32.1. The first-order chi connectivity index (χ1) is 13.3. The van der Waals surface area contributed by atoms with Crippen LogP contribution in [0.15, 0.2) is 46.8 Å². The van der Waals surface area contributed by atoms with E-state index in [0.29, 0.717) is 0 Å². The van der Waals surface area contributed by atoms with Crippen molar-refractivity contribution in [1.82, 2.24) is 4.90 Å². The van der Waals surface area contributed by atoms with Crippen LogP contribution in [0.1, 0.15) is 24.5 Å². The van der Waals surface area contributed by atoms with Gasteiger partial charge in [-0.1, -0.05) is 6.07 Å². The Bertz CT molecular complexity index is 1120. The lowest BCUT2D eigenvalue weighted by molar-refractivity contribution is -0.128. The van der Waals surface area contributed by atoms with Crippen LogP contribution >= 0.6 is 11.3 Å². The van der Waals surface area contributed by atoms with Gasteiger partial charge in [0.25, 0.3) is 0 Å². The topological polar surface area (TPSA) is 67.9 Å². The number of amides is 1. The summed E-state index contributed by atoms with van der Waals surface area (Å²) in [6.07, 6.45) is 0.288. The molecular formula is C22H23N3O2S. The standard InChI is InChI=1S/C22H23N3O2S/c1-13-5-6-16(27-4)11-17(13)18-10-15(9-14-7-8-28-20(14)18)22(2)12-19(26)25(3)21(23)24-22/h5-11H,12H2,1-4H3,(H2,23,24)/t22-/m0/s1. The summed E-state index contributed by atoms with van der Waals surface area (Å²) in [5, 5.41) is 3.23. The van der Waals surface area contributed by atoms with Gasteiger partial charge in [0.05, 0.1) is 19.1 Å². The summed E-state index contributed by atoms with van der Waals surface area (Å²) in [6, 6.07) is 12.5. The maximum absolute atomic E-state index is 12.5. The van der Waals surface area contributed by atoms with Crippen molar-refractivity contribution in [2.24, 2.45) is 10.7 Å². The van der Waals surface area contributed by atoms with Crippen LogP contribution in [0, 0.1) is 6.92 Å². The van der Waals surface area contributed by atoms with Crippen molar-refractivity contribution >= 4 is 33.3 Å². The van der Waals surface area contributed by atoms with Gasteiger partial charge in [-0.25, -0.2) is 4.99 Å². The van der Waals surface area contributed by atoms with Crippen LogP contribution in [0.5, 0.6) is 5.75 Å². The number of carbonyl (C=O) groups is 1. The summed E-state index contributed by atoms with van der Waals surface area (Å²) >= 11 is 1.71. The molecule has 28 heavy (non-hydrogen) atoms. The first-order valence-electron chi connectivity index (χ1n) is 9.11. The van der Waals surface area contributed by atoms with Crippen LogP contribution in [0.4, 0.5) is 0 Å². The van der Waals surface area contributed by atoms with E-state index in [1.54, 1.807) is 25.5 Å². The molecule has 0 aliphatic carbocycles. The number of thiophene rings is 1. The van der Waals surface area contributed by atoms with Gasteiger partial charge in [0, 0.05) is 17.3 Å². The van der Waals surface area contributed by atoms with Crippen LogP contribution in [0.2, 0.25) is 0 Å². The molecule has 0 fully saturated rings. The summed E-state index contributed by atoms with van der Waals surface area (Å²) < 4.78 is 6.65. The SMILES string of the molecule is COc1ccc(C)c(-c2cc([C@]3(C)CC(=O)N(C)C(N)=N3)cc3ccsc23)c1. The van der Waals surface area contributed by atoms with Gasteiger partial charge in [-0.3, -0.25) is 9.69 Å². The zero-order valence-corrected chi connectivity index (χ0v) is 17.3. The van der Waals surface area contributed by atoms with E-state index >= 15 is 0 Å². The zero-order chi connectivity index (χ0) is 20.1. The summed E-state index contributed by atoms with van der Waals surface area (Å²) in [6.45, 7) is 4.07. The van der Waals surface area contributed by atoms with Gasteiger partial charge in [0.2, 0.25) is 5.91 Å². The molecule has 0 saturated carbocycles. The Kier molecular flexibility index (Phi) is 4.38. The Hall–Kier alpha value is -2.86. The number of nitrogens with zero attached hydrogens (tertiary/aromatic N) is 2. The van der Waals surface area contributed by atoms with Crippen LogP contribution in [0.3, 0.4) is 0 Å². The molecule has 144 valence electrons. The Labute approximate surface area is 168 Å². The van der Waals surface area contributed by atoms with E-state index in [1.807, 2.05) is 13.0 Å². The number of rotatable bonds is 3. The lowest BCUT2D eigenvalue weighted by atomic mass is 9.84. The van der Waals surface area contributed by atoms with E-state index in [4.69, 9.17) is 10.5 Å². The number of hydrogen-bond acceptors (Lipinski definition) is 5. The zero-order valence-electron chi connectivity index (χ0n) is 16.4. The van der Waals surface area contributed by atoms with Crippen LogP contribution in [-0.4, -0.2) is 30.9 Å². The highest BCUT2D eigenvalue weighted by Crippen LogP contribution is 2.41. The molecule has 5 nitrogen and oxygen atoms in total. The van der Waals surface area contributed by atoms with Crippen molar-refractivity contribution in [1.29, 1.82) is 0 Å². The molecule has 0 bridgehead atoms. The molecule has 6 heteroatoms. The molecule has 2 aromatic carbocycles. The second-order valence-electron chi connectivity index (χ2n) is 7.42. The maximum atomic E-state index is 12.5. The monoisotopic (exact) mass is 393 g/mol. The minimum absolute atomic E-state index is 0.0282. The molecule has 0 saturated heterocycles. The van der Waals surface area contributed by atoms with Gasteiger partial charge < -0.3 is 10.5 Å². The lowest BCUT2D eigenvalue weighted by Gasteiger charge is -2.34. The number of ether oxygens (including phenoxy) is 1. The van der Waals surface area contributed by atoms with Gasteiger partial charge in [0.1, 0.15) is 5.75 Å². The average Bonchev–Trinajstić information content (AvgIpc) is 3.14. The van der Waals surface area contributed by atoms with Crippen molar-refractivity contribution in [2.45, 2.75) is 25.8 Å². The van der Waals surface area contributed by atoms with Crippen molar-refractivity contribution in [3.05, 3.63) is 52.9 Å². The summed E-state index contributed by atoms with van der Waals surface area (Å²) in [5.74, 6) is 1.04. The quantitative estimate of drug-likeness (QED) is 0.722. The fraction of sp³-hybridized carbons (Fsp3) is 0.273. The fourth-order valence-electron chi connectivity index (χ4n) is 3.69. The average molecular weight is 394 g/mol. The number of carbonyl (C=O) groups excluding carboxylic acids is 1. The molecule has 2 N–H and O–H groups in total. The smallest absolute Gasteiger partial charge is 0.231 e. The second kappa shape index (κ2) is 6.63. The van der Waals surface area contributed by atoms with Crippen molar-refractivity contribution in [3.63, 3.8) is 0 Å². The molecule has 2 heterocycles. The Morgan fingerprint density at radius 3 is 2.71 bits per heavy atom. The fourth-order valence-corrected chi connectivity index (χ4v) is 4.60. The molecule has 1 atom stereocenters. The number of methoxy groups -OCH3 is 1. The van der Waals surface area contributed by atoms with Gasteiger partial charge in [0.15, 0.2) is 5.96 Å². The Morgan fingerprint density at radius 1 is 1.21 bits per heavy atom. The van der Waals surface area contributed by atoms with E-state index in [2.05, 4.69) is 47.6 Å². The lowest BCUT2D eigenvalue weighted by Crippen LogP contribution is -2.47. The molecule has 0 radical (unpaired) electrons. The first kappa shape index (κ1) is 18.5. The van der Waals surface area contributed by atoms with E-state index in [1.165, 1.54) is 15.2 Å². The molecule has 1 aliphatic rings. The van der Waals surface area contributed by atoms with Crippen molar-refractivity contribution in [3.8, 4) is 16.9 Å². The third kappa shape index (κ3) is 2.94. The van der Waals surface area contributed by atoms with E-state index < -0.39 is 5.54 Å². The van der Waals surface area contributed by atoms with Gasteiger partial charge >= 0.3 is 0 Å². The summed E-state index contributed by atoms with van der Waals surface area (Å²) in [7, 11) is 3.34. The Morgan fingerprint density at radius 2 is 2.00 bits per heavy atom. The molecule has 4 rings (SSSR count). The van der Waals surface area contributed by atoms with Crippen molar-refractivity contribution < 1.29 is 9.53 Å². The predicted octanol–water partition coefficient (Wildman–Crippen LogP) is 4.28. The van der Waals surface area contributed by atoms with Crippen LogP contribution in [-0.2, 0) is 10.3 Å². The number of aliphatic imine (C=N–C) groups is 1. The largest absolute Gasteiger partial charge is 0.497 e. The highest BCUT2D eigenvalue weighted by molar-refractivity contribution is 7.17. The molecule has 0 spiro atoms. The molecule has 0 unspecified atom stereocenters. The van der Waals surface area contributed by atoms with E-state index in [9.17, 15) is 4.79 Å². The minimum Gasteiger partial charge on any atom is -0.497 e. The number of aryl methyl sites for hydroxylation is 1. The number of guanidine groups is 1. The number of benzene rings is 2. The third-order valence-corrected chi connectivity index (χ3v) is 6.45. The summed E-state index contributed by atoms with van der Waals surface area (Å²) in [4.78, 5) is 18.5. The highest BCUT2D eigenvalue weighted by Gasteiger charge is 2.36. The summed E-state index contributed by atoms with van der Waals surface area (Å²) in [5.41, 5.74) is 9.73. The normalized spacial score (nSPS) is 19.8. The van der Waals surface area contributed by atoms with Crippen molar-refractivity contribution in [2.75, 3.05) is 14.2 Å². The van der Waals surface area contributed by atoms with Crippen LogP contribution in [0.25, 0.3) is 21.2 Å². The molecule has 3 aromatic rings. The second-order valence-corrected chi connectivity index (χ2v) is 8.33. The number of fused-ring (bicyclic) bond motifs is 1. The number of hydrogen-bond donors (Lipinski definition) is 1. The van der Waals surface area contributed by atoms with Gasteiger partial charge in [-0.2, -0.15) is 0 Å². The van der Waals surface area contributed by atoms with Gasteiger partial charge in [-0.05, 0) is 71.6 Å². The minimum atomic E-state index is -0.689. The van der Waals surface area contributed by atoms with E-state index in [-0.39, 0.29) is 18.3 Å². The molecule has 1 amide bonds. The molecule has 1 aromatic heterocycles. The van der Waals surface area contributed by atoms with E-state index in [0.717, 1.165) is 27.8 Å². The third-order valence-electron chi connectivity index (χ3n) is 5.48. The molecular weight excluding hydrogens is 370 g/mol. The molecule has 1 aliphatic heterocycles.